The highest BCUT2D eigenvalue weighted by molar-refractivity contribution is 5.70. The molecule has 0 atom stereocenters. The largest absolute Gasteiger partial charge is 0.507 e. The minimum atomic E-state index is 0.0902. The first-order chi connectivity index (χ1) is 11.6. The van der Waals surface area contributed by atoms with Crippen molar-refractivity contribution in [3.8, 4) is 28.6 Å². The van der Waals surface area contributed by atoms with Gasteiger partial charge in [0.15, 0.2) is 23.1 Å². The molecule has 1 heterocycles. The lowest BCUT2D eigenvalue weighted by atomic mass is 10.2. The van der Waals surface area contributed by atoms with Gasteiger partial charge in [0.25, 0.3) is 0 Å². The van der Waals surface area contributed by atoms with Crippen LogP contribution < -0.4 is 4.74 Å². The molecule has 2 N–H and O–H groups in total. The van der Waals surface area contributed by atoms with E-state index >= 15 is 0 Å². The fourth-order valence-corrected chi connectivity index (χ4v) is 2.34. The Labute approximate surface area is 139 Å². The molecule has 0 spiro atoms. The first-order valence-corrected chi connectivity index (χ1v) is 7.33. The molecule has 6 heteroatoms. The Morgan fingerprint density at radius 2 is 1.83 bits per heavy atom. The Morgan fingerprint density at radius 3 is 2.58 bits per heavy atom. The fraction of sp³-hybridized carbons (Fsp3) is 0.111. The van der Waals surface area contributed by atoms with Crippen LogP contribution in [0.25, 0.3) is 23.5 Å². The Balaban J connectivity index is 1.89. The lowest BCUT2D eigenvalue weighted by Gasteiger charge is -2.03. The highest BCUT2D eigenvalue weighted by atomic mass is 16.5. The molecule has 0 unspecified atom stereocenters. The van der Waals surface area contributed by atoms with Crippen molar-refractivity contribution in [2.24, 2.45) is 7.05 Å². The summed E-state index contributed by atoms with van der Waals surface area (Å²) in [5, 5.41) is 23.9. The molecular weight excluding hydrogens is 306 g/mol. The van der Waals surface area contributed by atoms with Crippen LogP contribution in [0.4, 0.5) is 0 Å². The van der Waals surface area contributed by atoms with Crippen molar-refractivity contribution < 1.29 is 14.9 Å². The molecule has 0 aliphatic rings. The van der Waals surface area contributed by atoms with Gasteiger partial charge in [-0.15, -0.1) is 0 Å². The molecule has 24 heavy (non-hydrogen) atoms. The standard InChI is InChI=1S/C18H17N3O3/c1-21-18(13-5-3-4-6-14(13)22)19-17(20-21)10-8-12-7-9-15(23)16(11-12)24-2/h3-11,22-23H,1-2H3. The van der Waals surface area contributed by atoms with Crippen molar-refractivity contribution >= 4 is 12.2 Å². The van der Waals surface area contributed by atoms with Crippen molar-refractivity contribution in [2.45, 2.75) is 0 Å². The van der Waals surface area contributed by atoms with Gasteiger partial charge >= 0.3 is 0 Å². The number of para-hydroxylation sites is 1. The Kier molecular flexibility index (Phi) is 4.20. The number of hydrogen-bond acceptors (Lipinski definition) is 5. The summed E-state index contributed by atoms with van der Waals surface area (Å²) in [5.41, 5.74) is 1.47. The molecule has 0 saturated carbocycles. The van der Waals surface area contributed by atoms with Crippen molar-refractivity contribution in [3.05, 3.63) is 53.9 Å². The molecule has 0 aliphatic heterocycles. The SMILES string of the molecule is COc1cc(C=Cc2nc(-c3ccccc3O)n(C)n2)ccc1O. The Hall–Kier alpha value is -3.28. The molecular formula is C18H17N3O3. The number of phenolic OH excluding ortho intramolecular Hbond substituents is 2. The molecule has 122 valence electrons. The van der Waals surface area contributed by atoms with Crippen LogP contribution >= 0.6 is 0 Å². The second-order valence-electron chi connectivity index (χ2n) is 5.20. The quantitative estimate of drug-likeness (QED) is 0.771. The molecule has 6 nitrogen and oxygen atoms in total. The van der Waals surface area contributed by atoms with E-state index in [0.29, 0.717) is 23.0 Å². The molecule has 0 amide bonds. The summed E-state index contributed by atoms with van der Waals surface area (Å²) in [6, 6.07) is 12.0. The topological polar surface area (TPSA) is 80.4 Å². The summed E-state index contributed by atoms with van der Waals surface area (Å²) in [6.45, 7) is 0. The zero-order chi connectivity index (χ0) is 17.1. The molecule has 2 aromatic carbocycles. The van der Waals surface area contributed by atoms with Crippen LogP contribution in [-0.2, 0) is 7.05 Å². The third-order valence-electron chi connectivity index (χ3n) is 3.55. The van der Waals surface area contributed by atoms with E-state index in [2.05, 4.69) is 10.1 Å². The van der Waals surface area contributed by atoms with Gasteiger partial charge in [0, 0.05) is 7.05 Å². The van der Waals surface area contributed by atoms with Crippen LogP contribution in [0.2, 0.25) is 0 Å². The van der Waals surface area contributed by atoms with Gasteiger partial charge in [-0.2, -0.15) is 5.10 Å². The molecule has 0 aliphatic carbocycles. The predicted octanol–water partition coefficient (Wildman–Crippen LogP) is 3.07. The number of aromatic hydroxyl groups is 2. The van der Waals surface area contributed by atoms with E-state index in [-0.39, 0.29) is 11.5 Å². The van der Waals surface area contributed by atoms with E-state index in [0.717, 1.165) is 5.56 Å². The molecule has 1 aromatic heterocycles. The maximum atomic E-state index is 9.95. The van der Waals surface area contributed by atoms with E-state index < -0.39 is 0 Å². The van der Waals surface area contributed by atoms with Gasteiger partial charge in [0.05, 0.1) is 12.7 Å². The van der Waals surface area contributed by atoms with Gasteiger partial charge < -0.3 is 14.9 Å². The zero-order valence-electron chi connectivity index (χ0n) is 13.3. The minimum absolute atomic E-state index is 0.0902. The Bertz CT molecular complexity index is 900. The van der Waals surface area contributed by atoms with Crippen LogP contribution in [0.5, 0.6) is 17.2 Å². The van der Waals surface area contributed by atoms with Gasteiger partial charge in [0.2, 0.25) is 0 Å². The summed E-state index contributed by atoms with van der Waals surface area (Å²) in [6.07, 6.45) is 3.58. The van der Waals surface area contributed by atoms with Crippen molar-refractivity contribution in [2.75, 3.05) is 7.11 Å². The van der Waals surface area contributed by atoms with Crippen LogP contribution in [0.1, 0.15) is 11.4 Å². The molecule has 3 rings (SSSR count). The number of methoxy groups -OCH3 is 1. The van der Waals surface area contributed by atoms with E-state index in [1.807, 2.05) is 12.1 Å². The first-order valence-electron chi connectivity index (χ1n) is 7.33. The van der Waals surface area contributed by atoms with E-state index in [1.54, 1.807) is 54.2 Å². The lowest BCUT2D eigenvalue weighted by Crippen LogP contribution is -1.94. The smallest absolute Gasteiger partial charge is 0.174 e. The van der Waals surface area contributed by atoms with E-state index in [1.165, 1.54) is 7.11 Å². The van der Waals surface area contributed by atoms with Crippen LogP contribution in [0.15, 0.2) is 42.5 Å². The fourth-order valence-electron chi connectivity index (χ4n) is 2.34. The first kappa shape index (κ1) is 15.6. The predicted molar refractivity (Wildman–Crippen MR) is 91.7 cm³/mol. The zero-order valence-corrected chi connectivity index (χ0v) is 13.3. The van der Waals surface area contributed by atoms with Gasteiger partial charge in [-0.25, -0.2) is 9.67 Å². The normalized spacial score (nSPS) is 11.1. The summed E-state index contributed by atoms with van der Waals surface area (Å²) in [5.74, 6) is 1.75. The molecule has 3 aromatic rings. The van der Waals surface area contributed by atoms with Gasteiger partial charge in [-0.3, -0.25) is 0 Å². The Morgan fingerprint density at radius 1 is 1.04 bits per heavy atom. The highest BCUT2D eigenvalue weighted by Gasteiger charge is 2.11. The molecule has 0 fully saturated rings. The monoisotopic (exact) mass is 323 g/mol. The number of hydrogen-bond donors (Lipinski definition) is 2. The van der Waals surface area contributed by atoms with Gasteiger partial charge in [-0.1, -0.05) is 24.3 Å². The second kappa shape index (κ2) is 6.45. The van der Waals surface area contributed by atoms with E-state index in [4.69, 9.17) is 4.74 Å². The molecule has 0 bridgehead atoms. The number of nitrogens with zero attached hydrogens (tertiary/aromatic N) is 3. The number of rotatable bonds is 4. The number of benzene rings is 2. The summed E-state index contributed by atoms with van der Waals surface area (Å²) in [4.78, 5) is 4.44. The number of aryl methyl sites for hydroxylation is 1. The average Bonchev–Trinajstić information content (AvgIpc) is 2.95. The number of ether oxygens (including phenoxy) is 1. The highest BCUT2D eigenvalue weighted by Crippen LogP contribution is 2.28. The lowest BCUT2D eigenvalue weighted by molar-refractivity contribution is 0.373. The molecule has 0 saturated heterocycles. The van der Waals surface area contributed by atoms with E-state index in [9.17, 15) is 10.2 Å². The minimum Gasteiger partial charge on any atom is -0.507 e. The number of aromatic nitrogens is 3. The van der Waals surface area contributed by atoms with Crippen molar-refractivity contribution in [1.29, 1.82) is 0 Å². The van der Waals surface area contributed by atoms with Gasteiger partial charge in [0.1, 0.15) is 5.75 Å². The summed E-state index contributed by atoms with van der Waals surface area (Å²) in [7, 11) is 3.27. The third kappa shape index (κ3) is 3.08. The summed E-state index contributed by atoms with van der Waals surface area (Å²) >= 11 is 0. The maximum Gasteiger partial charge on any atom is 0.174 e. The van der Waals surface area contributed by atoms with Gasteiger partial charge in [-0.05, 0) is 35.9 Å². The number of phenols is 2. The summed E-state index contributed by atoms with van der Waals surface area (Å²) < 4.78 is 6.70. The van der Waals surface area contributed by atoms with Crippen molar-refractivity contribution in [1.82, 2.24) is 14.8 Å². The maximum absolute atomic E-state index is 9.95. The third-order valence-corrected chi connectivity index (χ3v) is 3.55. The second-order valence-corrected chi connectivity index (χ2v) is 5.20. The average molecular weight is 323 g/mol. The van der Waals surface area contributed by atoms with Crippen molar-refractivity contribution in [3.63, 3.8) is 0 Å². The molecule has 0 radical (unpaired) electrons. The van der Waals surface area contributed by atoms with Crippen LogP contribution in [0, 0.1) is 0 Å². The van der Waals surface area contributed by atoms with Crippen LogP contribution in [-0.4, -0.2) is 32.1 Å². The van der Waals surface area contributed by atoms with Crippen LogP contribution in [0.3, 0.4) is 0 Å².